The summed E-state index contributed by atoms with van der Waals surface area (Å²) in [5.41, 5.74) is 2.01. The van der Waals surface area contributed by atoms with E-state index >= 15 is 0 Å². The molecule has 26 heavy (non-hydrogen) atoms. The topological polar surface area (TPSA) is 71.4 Å². The van der Waals surface area contributed by atoms with E-state index in [4.69, 9.17) is 14.6 Å². The Morgan fingerprint density at radius 3 is 2.50 bits per heavy atom. The fourth-order valence-electron chi connectivity index (χ4n) is 3.25. The summed E-state index contributed by atoms with van der Waals surface area (Å²) in [6, 6.07) is 7.60. The minimum absolute atomic E-state index is 0.147. The second-order valence-electron chi connectivity index (χ2n) is 6.10. The quantitative estimate of drug-likeness (QED) is 0.608. The largest absolute Gasteiger partial charge is 0.507 e. The summed E-state index contributed by atoms with van der Waals surface area (Å²) < 4.78 is 12.0. The normalized spacial score (nSPS) is 25.3. The van der Waals surface area contributed by atoms with Crippen molar-refractivity contribution in [3.05, 3.63) is 50.6 Å². The fraction of sp³-hybridized carbons (Fsp3) is 0.333. The number of carbonyl (C=O) groups is 1. The lowest BCUT2D eigenvalue weighted by molar-refractivity contribution is 0.00871. The van der Waals surface area contributed by atoms with E-state index in [9.17, 15) is 4.79 Å². The predicted octanol–water partition coefficient (Wildman–Crippen LogP) is 5.03. The molecule has 1 aromatic rings. The average molecular weight is 486 g/mol. The molecule has 138 valence electrons. The number of allylic oxidation sites excluding steroid dienone is 3. The van der Waals surface area contributed by atoms with Gasteiger partial charge >= 0.3 is 6.16 Å². The van der Waals surface area contributed by atoms with Crippen molar-refractivity contribution in [2.75, 3.05) is 7.11 Å². The molecule has 3 unspecified atom stereocenters. The third-order valence-electron chi connectivity index (χ3n) is 4.56. The highest BCUT2D eigenvalue weighted by Gasteiger charge is 2.42. The van der Waals surface area contributed by atoms with E-state index in [2.05, 4.69) is 41.8 Å². The van der Waals surface area contributed by atoms with Gasteiger partial charge in [0.05, 0.1) is 17.6 Å². The molecule has 2 aliphatic heterocycles. The average Bonchev–Trinajstić information content (AvgIpc) is 2.60. The zero-order chi connectivity index (χ0) is 19.0. The van der Waals surface area contributed by atoms with Crippen molar-refractivity contribution in [2.24, 2.45) is 10.9 Å². The Labute approximate surface area is 168 Å². The van der Waals surface area contributed by atoms with Gasteiger partial charge < -0.3 is 19.5 Å². The number of hydrogen-bond donors (Lipinski definition) is 1. The van der Waals surface area contributed by atoms with Gasteiger partial charge in [0, 0.05) is 16.1 Å². The number of halogens is 2. The van der Waals surface area contributed by atoms with Crippen LogP contribution in [-0.4, -0.2) is 35.3 Å². The Kier molecular flexibility index (Phi) is 5.43. The van der Waals surface area contributed by atoms with Gasteiger partial charge in [-0.3, -0.25) is 0 Å². The molecular formula is C18H18Br2N2O4. The van der Waals surface area contributed by atoms with Gasteiger partial charge in [-0.25, -0.2) is 9.79 Å². The van der Waals surface area contributed by atoms with Crippen molar-refractivity contribution in [3.8, 4) is 5.75 Å². The van der Waals surface area contributed by atoms with Gasteiger partial charge in [0.15, 0.2) is 0 Å². The lowest BCUT2D eigenvalue weighted by atomic mass is 9.88. The third-order valence-corrected chi connectivity index (χ3v) is 5.94. The Hall–Kier alpha value is -1.80. The molecule has 6 nitrogen and oxygen atoms in total. The molecule has 3 rings (SSSR count). The van der Waals surface area contributed by atoms with Crippen molar-refractivity contribution in [2.45, 2.75) is 26.1 Å². The van der Waals surface area contributed by atoms with E-state index < -0.39 is 12.4 Å². The molecule has 0 saturated heterocycles. The van der Waals surface area contributed by atoms with Crippen LogP contribution in [0.15, 0.2) is 50.0 Å². The van der Waals surface area contributed by atoms with Crippen molar-refractivity contribution >= 4 is 43.9 Å². The molecule has 0 spiro atoms. The van der Waals surface area contributed by atoms with Gasteiger partial charge in [-0.1, -0.05) is 19.1 Å². The van der Waals surface area contributed by atoms with E-state index in [0.29, 0.717) is 5.84 Å². The molecule has 8 heteroatoms. The van der Waals surface area contributed by atoms with Crippen molar-refractivity contribution in [3.63, 3.8) is 0 Å². The summed E-state index contributed by atoms with van der Waals surface area (Å²) in [7, 11) is 1.62. The molecule has 1 N–H and O–H groups in total. The van der Waals surface area contributed by atoms with E-state index in [-0.39, 0.29) is 12.0 Å². The molecule has 3 atom stereocenters. The first-order valence-electron chi connectivity index (χ1n) is 7.98. The van der Waals surface area contributed by atoms with E-state index in [1.54, 1.807) is 7.11 Å². The van der Waals surface area contributed by atoms with Crippen molar-refractivity contribution in [1.29, 1.82) is 0 Å². The number of nitrogens with zero attached hydrogens (tertiary/aromatic N) is 2. The number of amidine groups is 1. The summed E-state index contributed by atoms with van der Waals surface area (Å²) >= 11 is 7.12. The molecule has 0 bridgehead atoms. The van der Waals surface area contributed by atoms with Crippen LogP contribution in [0.4, 0.5) is 4.79 Å². The number of methoxy groups -OCH3 is 1. The van der Waals surface area contributed by atoms with Crippen LogP contribution in [0.1, 0.15) is 25.5 Å². The molecular weight excluding hydrogens is 468 g/mol. The minimum Gasteiger partial charge on any atom is -0.497 e. The van der Waals surface area contributed by atoms with Crippen molar-refractivity contribution in [1.82, 2.24) is 4.90 Å². The van der Waals surface area contributed by atoms with Crippen molar-refractivity contribution < 1.29 is 19.4 Å². The number of fused-ring (bicyclic) bond motifs is 1. The second-order valence-corrected chi connectivity index (χ2v) is 7.81. The number of benzene rings is 1. The van der Waals surface area contributed by atoms with Gasteiger partial charge in [-0.05, 0) is 62.6 Å². The highest BCUT2D eigenvalue weighted by molar-refractivity contribution is 9.12. The fourth-order valence-corrected chi connectivity index (χ4v) is 4.50. The van der Waals surface area contributed by atoms with Crippen LogP contribution in [-0.2, 0) is 4.74 Å². The Balaban J connectivity index is 2.12. The molecule has 2 aliphatic rings. The molecule has 0 fully saturated rings. The predicted molar refractivity (Wildman–Crippen MR) is 106 cm³/mol. The number of aliphatic imine (C=N–C) groups is 1. The van der Waals surface area contributed by atoms with Gasteiger partial charge in [0.25, 0.3) is 0 Å². The minimum atomic E-state index is -1.34. The molecule has 0 saturated carbocycles. The van der Waals surface area contributed by atoms with Gasteiger partial charge in [-0.15, -0.1) is 0 Å². The second kappa shape index (κ2) is 7.44. The number of hydrogen-bond acceptors (Lipinski definition) is 5. The lowest BCUT2D eigenvalue weighted by Crippen LogP contribution is -2.47. The van der Waals surface area contributed by atoms with Crippen LogP contribution < -0.4 is 4.74 Å². The summed E-state index contributed by atoms with van der Waals surface area (Å²) in [5, 5.41) is 9.10. The number of ether oxygens (including phenoxy) is 2. The van der Waals surface area contributed by atoms with E-state index in [1.807, 2.05) is 44.2 Å². The first kappa shape index (κ1) is 19.0. The monoisotopic (exact) mass is 484 g/mol. The maximum atomic E-state index is 11.1. The summed E-state index contributed by atoms with van der Waals surface area (Å²) in [4.78, 5) is 17.8. The highest BCUT2D eigenvalue weighted by Crippen LogP contribution is 2.44. The van der Waals surface area contributed by atoms with Crippen LogP contribution >= 0.6 is 31.9 Å². The van der Waals surface area contributed by atoms with Gasteiger partial charge in [0.1, 0.15) is 11.6 Å². The highest BCUT2D eigenvalue weighted by atomic mass is 79.9. The summed E-state index contributed by atoms with van der Waals surface area (Å²) in [6.07, 6.45) is -0.224. The lowest BCUT2D eigenvalue weighted by Gasteiger charge is -2.45. The van der Waals surface area contributed by atoms with Crippen LogP contribution in [0.5, 0.6) is 5.75 Å². The molecule has 0 amide bonds. The first-order valence-corrected chi connectivity index (χ1v) is 9.56. The third kappa shape index (κ3) is 3.40. The van der Waals surface area contributed by atoms with Crippen LogP contribution in [0.2, 0.25) is 0 Å². The Morgan fingerprint density at radius 1 is 1.27 bits per heavy atom. The van der Waals surface area contributed by atoms with Crippen LogP contribution in [0, 0.1) is 5.92 Å². The van der Waals surface area contributed by atoms with Crippen LogP contribution in [0.25, 0.3) is 0 Å². The van der Waals surface area contributed by atoms with E-state index in [1.165, 1.54) is 0 Å². The maximum absolute atomic E-state index is 11.1. The van der Waals surface area contributed by atoms with Crippen LogP contribution in [0.3, 0.4) is 0 Å². The molecule has 0 aromatic heterocycles. The Morgan fingerprint density at radius 2 is 1.92 bits per heavy atom. The van der Waals surface area contributed by atoms with Gasteiger partial charge in [-0.2, -0.15) is 0 Å². The summed E-state index contributed by atoms with van der Waals surface area (Å²) in [5.74, 6) is 1.21. The molecule has 0 aliphatic carbocycles. The summed E-state index contributed by atoms with van der Waals surface area (Å²) in [6.45, 7) is 3.94. The number of carboxylic acid groups (broad SMARTS) is 1. The maximum Gasteiger partial charge on any atom is 0.507 e. The zero-order valence-corrected chi connectivity index (χ0v) is 17.6. The Bertz CT molecular complexity index is 817. The number of rotatable bonds is 3. The SMILES string of the molecule is COc1ccc(C2C(C)C(OC(=O)O)N=C3C(Br)=CC(Br)=C(C)N32)cc1. The van der Waals surface area contributed by atoms with E-state index in [0.717, 1.165) is 26.0 Å². The van der Waals surface area contributed by atoms with Gasteiger partial charge in [0.2, 0.25) is 6.23 Å². The first-order chi connectivity index (χ1) is 12.3. The molecule has 2 heterocycles. The molecule has 1 aromatic carbocycles. The zero-order valence-electron chi connectivity index (χ0n) is 14.4. The standard InChI is InChI=1S/C18H18Br2N2O4/c1-9-15(11-4-6-12(25-3)7-5-11)22-10(2)13(19)8-14(20)16(22)21-17(9)26-18(23)24/h4-9,15,17H,1-3H3,(H,23,24). The molecule has 0 radical (unpaired) electrons. The smallest absolute Gasteiger partial charge is 0.497 e.